The SMILES string of the molecule is COC(=O)c1ccccc1NC(=O)CN1CCC[C@H]1c1ccc(OC)cc1OC. The molecule has 0 aromatic heterocycles. The molecule has 1 saturated heterocycles. The molecule has 1 aliphatic heterocycles. The number of ether oxygens (including phenoxy) is 3. The second kappa shape index (κ2) is 9.43. The molecule has 154 valence electrons. The first-order chi connectivity index (χ1) is 14.1. The number of para-hydroxylation sites is 1. The number of carbonyl (C=O) groups excluding carboxylic acids is 2. The van der Waals surface area contributed by atoms with Crippen LogP contribution in [-0.4, -0.2) is 51.2 Å². The minimum absolute atomic E-state index is 0.0810. The van der Waals surface area contributed by atoms with Gasteiger partial charge in [-0.15, -0.1) is 0 Å². The number of likely N-dealkylation sites (tertiary alicyclic amines) is 1. The summed E-state index contributed by atoms with van der Waals surface area (Å²) in [4.78, 5) is 26.7. The minimum atomic E-state index is -0.483. The monoisotopic (exact) mass is 398 g/mol. The molecule has 7 nitrogen and oxygen atoms in total. The van der Waals surface area contributed by atoms with Crippen LogP contribution in [0, 0.1) is 0 Å². The number of benzene rings is 2. The molecule has 2 aromatic carbocycles. The van der Waals surface area contributed by atoms with Crippen molar-refractivity contribution in [2.75, 3.05) is 39.7 Å². The molecular weight excluding hydrogens is 372 g/mol. The smallest absolute Gasteiger partial charge is 0.339 e. The van der Waals surface area contributed by atoms with Crippen LogP contribution in [0.2, 0.25) is 0 Å². The fraction of sp³-hybridized carbons (Fsp3) is 0.364. The molecular formula is C22H26N2O5. The molecule has 1 aliphatic rings. The van der Waals surface area contributed by atoms with Gasteiger partial charge in [0.05, 0.1) is 39.1 Å². The molecule has 0 spiro atoms. The van der Waals surface area contributed by atoms with Gasteiger partial charge in [-0.3, -0.25) is 9.69 Å². The van der Waals surface area contributed by atoms with Crippen molar-refractivity contribution in [2.24, 2.45) is 0 Å². The van der Waals surface area contributed by atoms with E-state index in [0.717, 1.165) is 36.4 Å². The molecule has 1 amide bonds. The van der Waals surface area contributed by atoms with Crippen molar-refractivity contribution in [3.8, 4) is 11.5 Å². The van der Waals surface area contributed by atoms with E-state index in [-0.39, 0.29) is 18.5 Å². The van der Waals surface area contributed by atoms with Gasteiger partial charge in [-0.25, -0.2) is 4.79 Å². The lowest BCUT2D eigenvalue weighted by Crippen LogP contribution is -2.33. The highest BCUT2D eigenvalue weighted by Gasteiger charge is 2.30. The van der Waals surface area contributed by atoms with Crippen LogP contribution in [0.5, 0.6) is 11.5 Å². The molecule has 0 unspecified atom stereocenters. The van der Waals surface area contributed by atoms with E-state index in [1.165, 1.54) is 7.11 Å². The van der Waals surface area contributed by atoms with Crippen molar-refractivity contribution in [1.82, 2.24) is 4.90 Å². The highest BCUT2D eigenvalue weighted by atomic mass is 16.5. The Balaban J connectivity index is 1.74. The molecule has 3 rings (SSSR count). The molecule has 0 aliphatic carbocycles. The van der Waals surface area contributed by atoms with Crippen LogP contribution in [0.3, 0.4) is 0 Å². The Hall–Kier alpha value is -3.06. The van der Waals surface area contributed by atoms with E-state index in [1.807, 2.05) is 18.2 Å². The average Bonchev–Trinajstić information content (AvgIpc) is 3.20. The quantitative estimate of drug-likeness (QED) is 0.722. The van der Waals surface area contributed by atoms with Gasteiger partial charge in [0.2, 0.25) is 5.91 Å². The number of rotatable bonds is 7. The third-order valence-electron chi connectivity index (χ3n) is 5.12. The second-order valence-corrected chi connectivity index (χ2v) is 6.82. The molecule has 1 N–H and O–H groups in total. The normalized spacial score (nSPS) is 16.3. The first-order valence-corrected chi connectivity index (χ1v) is 9.50. The summed E-state index contributed by atoms with van der Waals surface area (Å²) in [6, 6.07) is 12.7. The summed E-state index contributed by atoms with van der Waals surface area (Å²) < 4.78 is 15.6. The lowest BCUT2D eigenvalue weighted by Gasteiger charge is -2.26. The maximum absolute atomic E-state index is 12.7. The molecule has 0 bridgehead atoms. The van der Waals surface area contributed by atoms with Crippen molar-refractivity contribution in [2.45, 2.75) is 18.9 Å². The van der Waals surface area contributed by atoms with E-state index in [1.54, 1.807) is 38.5 Å². The Morgan fingerprint density at radius 1 is 1.10 bits per heavy atom. The fourth-order valence-electron chi connectivity index (χ4n) is 3.72. The first kappa shape index (κ1) is 20.7. The van der Waals surface area contributed by atoms with E-state index in [0.29, 0.717) is 11.3 Å². The summed E-state index contributed by atoms with van der Waals surface area (Å²) in [5, 5.41) is 2.84. The predicted octanol–water partition coefficient (Wildman–Crippen LogP) is 3.27. The molecule has 0 radical (unpaired) electrons. The van der Waals surface area contributed by atoms with Crippen LogP contribution in [0.25, 0.3) is 0 Å². The maximum Gasteiger partial charge on any atom is 0.339 e. The lowest BCUT2D eigenvalue weighted by atomic mass is 10.0. The largest absolute Gasteiger partial charge is 0.497 e. The van der Waals surface area contributed by atoms with Gasteiger partial charge < -0.3 is 19.5 Å². The highest BCUT2D eigenvalue weighted by Crippen LogP contribution is 2.38. The average molecular weight is 398 g/mol. The van der Waals surface area contributed by atoms with Gasteiger partial charge >= 0.3 is 5.97 Å². The van der Waals surface area contributed by atoms with Crippen molar-refractivity contribution >= 4 is 17.6 Å². The van der Waals surface area contributed by atoms with Gasteiger partial charge in [-0.05, 0) is 37.6 Å². The minimum Gasteiger partial charge on any atom is -0.497 e. The zero-order valence-corrected chi connectivity index (χ0v) is 16.9. The summed E-state index contributed by atoms with van der Waals surface area (Å²) in [6.07, 6.45) is 1.93. The van der Waals surface area contributed by atoms with E-state index < -0.39 is 5.97 Å². The number of anilines is 1. The number of nitrogens with one attached hydrogen (secondary N) is 1. The Morgan fingerprint density at radius 3 is 2.62 bits per heavy atom. The van der Waals surface area contributed by atoms with Gasteiger partial charge in [0.15, 0.2) is 0 Å². The summed E-state index contributed by atoms with van der Waals surface area (Å²) >= 11 is 0. The number of hydrogen-bond donors (Lipinski definition) is 1. The third kappa shape index (κ3) is 4.68. The van der Waals surface area contributed by atoms with Crippen LogP contribution in [0.4, 0.5) is 5.69 Å². The van der Waals surface area contributed by atoms with E-state index in [9.17, 15) is 9.59 Å². The van der Waals surface area contributed by atoms with Crippen molar-refractivity contribution in [3.05, 3.63) is 53.6 Å². The number of nitrogens with zero attached hydrogens (tertiary/aromatic N) is 1. The van der Waals surface area contributed by atoms with Crippen LogP contribution >= 0.6 is 0 Å². The molecule has 1 atom stereocenters. The van der Waals surface area contributed by atoms with Gasteiger partial charge in [0.25, 0.3) is 0 Å². The van der Waals surface area contributed by atoms with Crippen LogP contribution in [0.1, 0.15) is 34.8 Å². The fourth-order valence-corrected chi connectivity index (χ4v) is 3.72. The van der Waals surface area contributed by atoms with E-state index in [2.05, 4.69) is 10.2 Å². The molecule has 7 heteroatoms. The van der Waals surface area contributed by atoms with Crippen molar-refractivity contribution in [3.63, 3.8) is 0 Å². The summed E-state index contributed by atoms with van der Waals surface area (Å²) in [5.41, 5.74) is 1.81. The molecule has 29 heavy (non-hydrogen) atoms. The van der Waals surface area contributed by atoms with E-state index in [4.69, 9.17) is 14.2 Å². The first-order valence-electron chi connectivity index (χ1n) is 9.50. The number of esters is 1. The van der Waals surface area contributed by atoms with Gasteiger partial charge in [0.1, 0.15) is 11.5 Å². The van der Waals surface area contributed by atoms with Gasteiger partial charge in [-0.2, -0.15) is 0 Å². The Labute approximate surface area is 170 Å². The molecule has 1 fully saturated rings. The number of hydrogen-bond acceptors (Lipinski definition) is 6. The summed E-state index contributed by atoms with van der Waals surface area (Å²) in [7, 11) is 4.57. The zero-order valence-electron chi connectivity index (χ0n) is 16.9. The zero-order chi connectivity index (χ0) is 20.8. The predicted molar refractivity (Wildman–Crippen MR) is 110 cm³/mol. The van der Waals surface area contributed by atoms with Crippen molar-refractivity contribution < 1.29 is 23.8 Å². The van der Waals surface area contributed by atoms with Crippen LogP contribution < -0.4 is 14.8 Å². The lowest BCUT2D eigenvalue weighted by molar-refractivity contribution is -0.117. The van der Waals surface area contributed by atoms with Crippen molar-refractivity contribution in [1.29, 1.82) is 0 Å². The van der Waals surface area contributed by atoms with E-state index >= 15 is 0 Å². The Kier molecular flexibility index (Phi) is 6.72. The Bertz CT molecular complexity index is 883. The van der Waals surface area contributed by atoms with Crippen LogP contribution in [0.15, 0.2) is 42.5 Å². The number of methoxy groups -OCH3 is 3. The second-order valence-electron chi connectivity index (χ2n) is 6.82. The summed E-state index contributed by atoms with van der Waals surface area (Å²) in [6.45, 7) is 1.03. The Morgan fingerprint density at radius 2 is 1.90 bits per heavy atom. The van der Waals surface area contributed by atoms with Gasteiger partial charge in [0, 0.05) is 17.7 Å². The highest BCUT2D eigenvalue weighted by molar-refractivity contribution is 6.01. The van der Waals surface area contributed by atoms with Gasteiger partial charge in [-0.1, -0.05) is 18.2 Å². The standard InChI is InChI=1S/C22H26N2O5/c1-27-15-10-11-17(20(13-15)28-2)19-9-6-12-24(19)14-21(25)23-18-8-5-4-7-16(18)22(26)29-3/h4-5,7-8,10-11,13,19H,6,9,12,14H2,1-3H3,(H,23,25)/t19-/m0/s1. The topological polar surface area (TPSA) is 77.1 Å². The maximum atomic E-state index is 12.7. The molecule has 0 saturated carbocycles. The number of carbonyl (C=O) groups is 2. The molecule has 2 aromatic rings. The summed E-state index contributed by atoms with van der Waals surface area (Å²) in [5.74, 6) is 0.814. The van der Waals surface area contributed by atoms with Crippen LogP contribution in [-0.2, 0) is 9.53 Å². The third-order valence-corrected chi connectivity index (χ3v) is 5.12. The number of amides is 1. The molecule has 1 heterocycles.